The fourth-order valence-electron chi connectivity index (χ4n) is 4.59. The zero-order chi connectivity index (χ0) is 14.6. The molecule has 0 aliphatic heterocycles. The van der Waals surface area contributed by atoms with Crippen LogP contribution in [0.2, 0.25) is 0 Å². The Morgan fingerprint density at radius 1 is 0.950 bits per heavy atom. The molecule has 0 spiro atoms. The van der Waals surface area contributed by atoms with E-state index in [0.717, 1.165) is 50.9 Å². The molecule has 0 heterocycles. The van der Waals surface area contributed by atoms with E-state index in [9.17, 15) is 13.2 Å². The van der Waals surface area contributed by atoms with Gasteiger partial charge in [-0.25, -0.2) is 4.39 Å². The van der Waals surface area contributed by atoms with E-state index in [1.165, 1.54) is 12.8 Å². The van der Waals surface area contributed by atoms with Crippen molar-refractivity contribution >= 4 is 0 Å². The van der Waals surface area contributed by atoms with Gasteiger partial charge in [-0.15, -0.1) is 0 Å². The summed E-state index contributed by atoms with van der Waals surface area (Å²) in [5.74, 6) is -0.201. The quantitative estimate of drug-likeness (QED) is 0.545. The summed E-state index contributed by atoms with van der Waals surface area (Å²) >= 11 is 0. The first-order valence-corrected chi connectivity index (χ1v) is 8.31. The summed E-state index contributed by atoms with van der Waals surface area (Å²) < 4.78 is 40.1. The molecular weight excluding hydrogens is 261 g/mol. The molecule has 0 saturated heterocycles. The summed E-state index contributed by atoms with van der Waals surface area (Å²) in [6.45, 7) is 2.19. The van der Waals surface area contributed by atoms with Crippen LogP contribution in [0.1, 0.15) is 77.6 Å². The molecule has 116 valence electrons. The highest BCUT2D eigenvalue weighted by atomic mass is 19.3. The van der Waals surface area contributed by atoms with Crippen molar-refractivity contribution < 1.29 is 13.2 Å². The molecule has 0 amide bonds. The number of halogens is 3. The smallest absolute Gasteiger partial charge is 0.205 e. The normalized spacial score (nSPS) is 30.0. The van der Waals surface area contributed by atoms with Crippen LogP contribution < -0.4 is 0 Å². The van der Waals surface area contributed by atoms with Gasteiger partial charge in [-0.2, -0.15) is 8.78 Å². The van der Waals surface area contributed by atoms with E-state index in [2.05, 4.69) is 6.92 Å². The molecule has 0 radical (unpaired) electrons. The van der Waals surface area contributed by atoms with Crippen molar-refractivity contribution in [1.29, 1.82) is 0 Å². The Morgan fingerprint density at radius 2 is 1.55 bits per heavy atom. The standard InChI is InChI=1S/C17H27F3/c1-2-6-13-7-9-14(10-8-13)17(15(18)16(19)20)11-4-3-5-12-17/h13-14H,2-12H2,1H3/t13-,14-. The summed E-state index contributed by atoms with van der Waals surface area (Å²) in [7, 11) is 0. The third-order valence-electron chi connectivity index (χ3n) is 5.67. The fraction of sp³-hybridized carbons (Fsp3) is 0.882. The topological polar surface area (TPSA) is 0 Å². The highest BCUT2D eigenvalue weighted by Crippen LogP contribution is 2.55. The Labute approximate surface area is 120 Å². The highest BCUT2D eigenvalue weighted by molar-refractivity contribution is 5.12. The second-order valence-electron chi connectivity index (χ2n) is 6.80. The molecule has 2 aliphatic carbocycles. The first kappa shape index (κ1) is 15.9. The third-order valence-corrected chi connectivity index (χ3v) is 5.67. The van der Waals surface area contributed by atoms with E-state index in [1.807, 2.05) is 0 Å². The van der Waals surface area contributed by atoms with Crippen LogP contribution in [0.25, 0.3) is 0 Å². The molecule has 0 bridgehead atoms. The molecular formula is C17H27F3. The van der Waals surface area contributed by atoms with Crippen molar-refractivity contribution in [2.24, 2.45) is 17.3 Å². The van der Waals surface area contributed by atoms with Gasteiger partial charge in [0.05, 0.1) is 0 Å². The largest absolute Gasteiger partial charge is 0.302 e. The van der Waals surface area contributed by atoms with Crippen LogP contribution in [0.4, 0.5) is 13.2 Å². The molecule has 2 aliphatic rings. The molecule has 20 heavy (non-hydrogen) atoms. The molecule has 0 unspecified atom stereocenters. The lowest BCUT2D eigenvalue weighted by Gasteiger charge is -2.45. The summed E-state index contributed by atoms with van der Waals surface area (Å²) in [5, 5.41) is 0. The molecule has 0 nitrogen and oxygen atoms in total. The van der Waals surface area contributed by atoms with Gasteiger partial charge in [0, 0.05) is 5.41 Å². The second-order valence-corrected chi connectivity index (χ2v) is 6.80. The minimum Gasteiger partial charge on any atom is -0.205 e. The lowest BCUT2D eigenvalue weighted by molar-refractivity contribution is 0.0586. The van der Waals surface area contributed by atoms with Crippen molar-refractivity contribution in [1.82, 2.24) is 0 Å². The maximum absolute atomic E-state index is 14.2. The lowest BCUT2D eigenvalue weighted by atomic mass is 9.60. The molecule has 0 aromatic heterocycles. The number of hydrogen-bond donors (Lipinski definition) is 0. The van der Waals surface area contributed by atoms with E-state index < -0.39 is 17.3 Å². The molecule has 2 rings (SSSR count). The van der Waals surface area contributed by atoms with Gasteiger partial charge in [-0.1, -0.05) is 51.9 Å². The van der Waals surface area contributed by atoms with E-state index in [1.54, 1.807) is 0 Å². The van der Waals surface area contributed by atoms with Gasteiger partial charge in [0.1, 0.15) is 0 Å². The van der Waals surface area contributed by atoms with Crippen molar-refractivity contribution in [2.75, 3.05) is 0 Å². The van der Waals surface area contributed by atoms with Gasteiger partial charge < -0.3 is 0 Å². The van der Waals surface area contributed by atoms with Crippen LogP contribution >= 0.6 is 0 Å². The second kappa shape index (κ2) is 7.00. The monoisotopic (exact) mass is 288 g/mol. The number of hydrogen-bond acceptors (Lipinski definition) is 0. The molecule has 0 aromatic rings. The Bertz CT molecular complexity index is 330. The van der Waals surface area contributed by atoms with E-state index in [-0.39, 0.29) is 5.92 Å². The zero-order valence-electron chi connectivity index (χ0n) is 12.6. The Hall–Kier alpha value is -0.470. The van der Waals surface area contributed by atoms with Crippen molar-refractivity contribution in [2.45, 2.75) is 77.6 Å². The summed E-state index contributed by atoms with van der Waals surface area (Å²) in [5.41, 5.74) is -0.825. The van der Waals surface area contributed by atoms with Crippen molar-refractivity contribution in [3.63, 3.8) is 0 Å². The van der Waals surface area contributed by atoms with Crippen LogP contribution in [0.15, 0.2) is 11.9 Å². The van der Waals surface area contributed by atoms with Crippen molar-refractivity contribution in [3.8, 4) is 0 Å². The molecule has 0 aromatic carbocycles. The van der Waals surface area contributed by atoms with Crippen molar-refractivity contribution in [3.05, 3.63) is 11.9 Å². The predicted molar refractivity (Wildman–Crippen MR) is 76.2 cm³/mol. The molecule has 2 fully saturated rings. The van der Waals surface area contributed by atoms with Gasteiger partial charge >= 0.3 is 6.08 Å². The Balaban J connectivity index is 2.11. The lowest BCUT2D eigenvalue weighted by Crippen LogP contribution is -2.36. The summed E-state index contributed by atoms with van der Waals surface area (Å²) in [4.78, 5) is 0. The van der Waals surface area contributed by atoms with Crippen LogP contribution in [0.3, 0.4) is 0 Å². The third kappa shape index (κ3) is 3.23. The van der Waals surface area contributed by atoms with Gasteiger partial charge in [-0.3, -0.25) is 0 Å². The zero-order valence-corrected chi connectivity index (χ0v) is 12.6. The van der Waals surface area contributed by atoms with Gasteiger partial charge in [-0.05, 0) is 37.5 Å². The predicted octanol–water partition coefficient (Wildman–Crippen LogP) is 6.62. The number of allylic oxidation sites excluding steroid dienone is 1. The number of rotatable bonds is 4. The minimum atomic E-state index is -2.07. The molecule has 3 heteroatoms. The van der Waals surface area contributed by atoms with Crippen LogP contribution in [0.5, 0.6) is 0 Å². The first-order valence-electron chi connectivity index (χ1n) is 8.31. The fourth-order valence-corrected chi connectivity index (χ4v) is 4.59. The first-order chi connectivity index (χ1) is 9.60. The maximum atomic E-state index is 14.2. The Kier molecular flexibility index (Phi) is 5.57. The average Bonchev–Trinajstić information content (AvgIpc) is 2.48. The van der Waals surface area contributed by atoms with Crippen LogP contribution in [-0.4, -0.2) is 0 Å². The van der Waals surface area contributed by atoms with E-state index in [4.69, 9.17) is 0 Å². The minimum absolute atomic E-state index is 0.136. The van der Waals surface area contributed by atoms with Crippen LogP contribution in [0, 0.1) is 17.3 Å². The molecule has 0 N–H and O–H groups in total. The summed E-state index contributed by atoms with van der Waals surface area (Å²) in [6.07, 6.45) is 8.53. The van der Waals surface area contributed by atoms with Gasteiger partial charge in [0.15, 0.2) is 5.83 Å². The van der Waals surface area contributed by atoms with Crippen LogP contribution in [-0.2, 0) is 0 Å². The van der Waals surface area contributed by atoms with E-state index >= 15 is 0 Å². The SMILES string of the molecule is CCC[C@H]1CC[C@H](C2(C(F)=C(F)F)CCCCC2)CC1. The average molecular weight is 288 g/mol. The summed E-state index contributed by atoms with van der Waals surface area (Å²) in [6, 6.07) is 0. The molecule has 0 atom stereocenters. The van der Waals surface area contributed by atoms with E-state index in [0.29, 0.717) is 12.8 Å². The molecule has 2 saturated carbocycles. The highest BCUT2D eigenvalue weighted by Gasteiger charge is 2.46. The van der Waals surface area contributed by atoms with Gasteiger partial charge in [0.25, 0.3) is 0 Å². The van der Waals surface area contributed by atoms with Gasteiger partial charge in [0.2, 0.25) is 0 Å². The maximum Gasteiger partial charge on any atom is 0.302 e. The Morgan fingerprint density at radius 3 is 2.05 bits per heavy atom.